The lowest BCUT2D eigenvalue weighted by molar-refractivity contribution is -0.115. The number of carbonyl (C=O) groups excluding carboxylic acids is 2. The minimum absolute atomic E-state index is 0.0567. The van der Waals surface area contributed by atoms with Crippen molar-refractivity contribution in [2.24, 2.45) is 0 Å². The number of hydrogen-bond acceptors (Lipinski definition) is 4. The van der Waals surface area contributed by atoms with Crippen molar-refractivity contribution in [2.45, 2.75) is 45.1 Å². The van der Waals surface area contributed by atoms with Crippen molar-refractivity contribution in [3.05, 3.63) is 65.7 Å². The molecule has 0 aromatic heterocycles. The van der Waals surface area contributed by atoms with E-state index >= 15 is 0 Å². The summed E-state index contributed by atoms with van der Waals surface area (Å²) in [5, 5.41) is 8.86. The second-order valence-electron chi connectivity index (χ2n) is 7.66. The molecule has 2 aromatic rings. The molecule has 6 nitrogen and oxygen atoms in total. The van der Waals surface area contributed by atoms with Crippen LogP contribution in [0.5, 0.6) is 5.75 Å². The normalized spacial score (nSPS) is 14.0. The van der Waals surface area contributed by atoms with Gasteiger partial charge in [-0.25, -0.2) is 0 Å². The highest BCUT2D eigenvalue weighted by Gasteiger charge is 2.16. The summed E-state index contributed by atoms with van der Waals surface area (Å²) in [6.07, 6.45) is 8.81. The molecular weight excluding hydrogens is 422 g/mol. The topological polar surface area (TPSA) is 79.5 Å². The van der Waals surface area contributed by atoms with Gasteiger partial charge in [0.1, 0.15) is 5.75 Å². The highest BCUT2D eigenvalue weighted by atomic mass is 32.1. The molecule has 0 spiro atoms. The second kappa shape index (κ2) is 12.0. The first kappa shape index (κ1) is 23.5. The van der Waals surface area contributed by atoms with Crippen LogP contribution in [0.25, 0.3) is 6.08 Å². The SMILES string of the molecule is CCOc1ccc(/C=C/C(=O)NC(=S)Nc2ccc(C(=O)NC3CCCCC3)cc2)cc1. The Morgan fingerprint density at radius 2 is 1.72 bits per heavy atom. The lowest BCUT2D eigenvalue weighted by atomic mass is 9.95. The molecule has 3 N–H and O–H groups in total. The fraction of sp³-hybridized carbons (Fsp3) is 0.320. The van der Waals surface area contributed by atoms with Gasteiger partial charge in [0, 0.05) is 23.4 Å². The molecule has 1 aliphatic rings. The summed E-state index contributed by atoms with van der Waals surface area (Å²) in [5.74, 6) is 0.399. The number of anilines is 1. The van der Waals surface area contributed by atoms with Crippen molar-refractivity contribution in [3.63, 3.8) is 0 Å². The Morgan fingerprint density at radius 3 is 2.38 bits per heavy atom. The Kier molecular flexibility index (Phi) is 8.80. The van der Waals surface area contributed by atoms with Gasteiger partial charge in [-0.1, -0.05) is 31.4 Å². The summed E-state index contributed by atoms with van der Waals surface area (Å²) < 4.78 is 5.40. The van der Waals surface area contributed by atoms with Crippen LogP contribution in [-0.4, -0.2) is 29.6 Å². The number of amides is 2. The average molecular weight is 452 g/mol. The minimum Gasteiger partial charge on any atom is -0.494 e. The Balaban J connectivity index is 1.45. The molecule has 0 atom stereocenters. The maximum atomic E-state index is 12.4. The van der Waals surface area contributed by atoms with Crippen LogP contribution >= 0.6 is 12.2 Å². The quantitative estimate of drug-likeness (QED) is 0.421. The fourth-order valence-electron chi connectivity index (χ4n) is 3.55. The molecular formula is C25H29N3O3S. The highest BCUT2D eigenvalue weighted by molar-refractivity contribution is 7.80. The first-order chi connectivity index (χ1) is 15.5. The van der Waals surface area contributed by atoms with E-state index in [0.29, 0.717) is 17.9 Å². The van der Waals surface area contributed by atoms with Gasteiger partial charge in [0.05, 0.1) is 6.61 Å². The lowest BCUT2D eigenvalue weighted by Crippen LogP contribution is -2.36. The Morgan fingerprint density at radius 1 is 1.03 bits per heavy atom. The predicted molar refractivity (Wildman–Crippen MR) is 132 cm³/mol. The van der Waals surface area contributed by atoms with Crippen LogP contribution in [0.15, 0.2) is 54.6 Å². The van der Waals surface area contributed by atoms with Gasteiger partial charge >= 0.3 is 0 Å². The number of benzene rings is 2. The number of nitrogens with one attached hydrogen (secondary N) is 3. The zero-order valence-corrected chi connectivity index (χ0v) is 19.0. The molecule has 0 bridgehead atoms. The van der Waals surface area contributed by atoms with Crippen molar-refractivity contribution in [1.29, 1.82) is 0 Å². The van der Waals surface area contributed by atoms with Crippen LogP contribution < -0.4 is 20.7 Å². The number of hydrogen-bond donors (Lipinski definition) is 3. The van der Waals surface area contributed by atoms with Gasteiger partial charge < -0.3 is 15.4 Å². The summed E-state index contributed by atoms with van der Waals surface area (Å²) in [6, 6.07) is 14.8. The molecule has 0 saturated heterocycles. The van der Waals surface area contributed by atoms with Crippen LogP contribution in [0.2, 0.25) is 0 Å². The summed E-state index contributed by atoms with van der Waals surface area (Å²) in [4.78, 5) is 24.5. The number of ether oxygens (including phenoxy) is 1. The van der Waals surface area contributed by atoms with E-state index in [1.807, 2.05) is 31.2 Å². The maximum Gasteiger partial charge on any atom is 0.251 e. The maximum absolute atomic E-state index is 12.4. The van der Waals surface area contributed by atoms with E-state index in [9.17, 15) is 9.59 Å². The first-order valence-corrected chi connectivity index (χ1v) is 11.4. The van der Waals surface area contributed by atoms with Gasteiger partial charge in [0.15, 0.2) is 5.11 Å². The fourth-order valence-corrected chi connectivity index (χ4v) is 3.77. The van der Waals surface area contributed by atoms with Gasteiger partial charge in [0.2, 0.25) is 5.91 Å². The monoisotopic (exact) mass is 451 g/mol. The standard InChI is InChI=1S/C25H29N3O3S/c1-2-31-22-15-8-18(9-16-22)10-17-23(29)28-25(32)27-21-13-11-19(12-14-21)24(30)26-20-6-4-3-5-7-20/h8-17,20H,2-7H2,1H3,(H,26,30)(H2,27,28,29,32)/b17-10+. The number of rotatable bonds is 7. The van der Waals surface area contributed by atoms with Crippen LogP contribution in [-0.2, 0) is 4.79 Å². The molecule has 1 aliphatic carbocycles. The predicted octanol–water partition coefficient (Wildman–Crippen LogP) is 4.67. The van der Waals surface area contributed by atoms with Crippen molar-refractivity contribution in [1.82, 2.24) is 10.6 Å². The van der Waals surface area contributed by atoms with Crippen LogP contribution in [0.3, 0.4) is 0 Å². The molecule has 0 aliphatic heterocycles. The van der Waals surface area contributed by atoms with Gasteiger partial charge in [-0.15, -0.1) is 0 Å². The lowest BCUT2D eigenvalue weighted by Gasteiger charge is -2.22. The molecule has 32 heavy (non-hydrogen) atoms. The molecule has 1 saturated carbocycles. The summed E-state index contributed by atoms with van der Waals surface area (Å²) in [7, 11) is 0. The first-order valence-electron chi connectivity index (χ1n) is 11.0. The van der Waals surface area contributed by atoms with Crippen molar-refractivity contribution in [3.8, 4) is 5.75 Å². The van der Waals surface area contributed by atoms with E-state index in [1.54, 1.807) is 30.3 Å². The van der Waals surface area contributed by atoms with Gasteiger partial charge in [0.25, 0.3) is 5.91 Å². The molecule has 3 rings (SSSR count). The van der Waals surface area contributed by atoms with Crippen LogP contribution in [0.1, 0.15) is 54.9 Å². The molecule has 1 fully saturated rings. The van der Waals surface area contributed by atoms with E-state index in [2.05, 4.69) is 16.0 Å². The van der Waals surface area contributed by atoms with E-state index in [-0.39, 0.29) is 23.0 Å². The second-order valence-corrected chi connectivity index (χ2v) is 8.07. The van der Waals surface area contributed by atoms with E-state index in [4.69, 9.17) is 17.0 Å². The Bertz CT molecular complexity index is 949. The van der Waals surface area contributed by atoms with Gasteiger partial charge in [-0.2, -0.15) is 0 Å². The third-order valence-electron chi connectivity index (χ3n) is 5.20. The molecule has 0 radical (unpaired) electrons. The molecule has 2 amide bonds. The molecule has 2 aromatic carbocycles. The van der Waals surface area contributed by atoms with Gasteiger partial charge in [-0.05, 0) is 80.0 Å². The van der Waals surface area contributed by atoms with Crippen molar-refractivity contribution in [2.75, 3.05) is 11.9 Å². The summed E-state index contributed by atoms with van der Waals surface area (Å²) >= 11 is 5.21. The summed E-state index contributed by atoms with van der Waals surface area (Å²) in [5.41, 5.74) is 2.18. The smallest absolute Gasteiger partial charge is 0.251 e. The Labute approximate surface area is 194 Å². The number of carbonyl (C=O) groups is 2. The molecule has 7 heteroatoms. The molecule has 0 unspecified atom stereocenters. The van der Waals surface area contributed by atoms with E-state index in [1.165, 1.54) is 25.3 Å². The molecule has 0 heterocycles. The van der Waals surface area contributed by atoms with Gasteiger partial charge in [-0.3, -0.25) is 14.9 Å². The highest BCUT2D eigenvalue weighted by Crippen LogP contribution is 2.18. The third kappa shape index (κ3) is 7.50. The van der Waals surface area contributed by atoms with Crippen LogP contribution in [0.4, 0.5) is 5.69 Å². The minimum atomic E-state index is -0.333. The van der Waals surface area contributed by atoms with Crippen LogP contribution in [0, 0.1) is 0 Å². The van der Waals surface area contributed by atoms with E-state index < -0.39 is 0 Å². The van der Waals surface area contributed by atoms with Crippen molar-refractivity contribution >= 4 is 40.9 Å². The molecule has 168 valence electrons. The third-order valence-corrected chi connectivity index (χ3v) is 5.40. The zero-order chi connectivity index (χ0) is 22.8. The van der Waals surface area contributed by atoms with Crippen molar-refractivity contribution < 1.29 is 14.3 Å². The largest absolute Gasteiger partial charge is 0.494 e. The number of thiocarbonyl (C=S) groups is 1. The summed E-state index contributed by atoms with van der Waals surface area (Å²) in [6.45, 7) is 2.54. The van der Waals surface area contributed by atoms with E-state index in [0.717, 1.165) is 24.2 Å². The average Bonchev–Trinajstić information content (AvgIpc) is 2.80. The Hall–Kier alpha value is -3.19. The zero-order valence-electron chi connectivity index (χ0n) is 18.2.